The molecule has 1 fully saturated rings. The Morgan fingerprint density at radius 1 is 1.08 bits per heavy atom. The summed E-state index contributed by atoms with van der Waals surface area (Å²) in [6, 6.07) is 7.03. The van der Waals surface area contributed by atoms with Gasteiger partial charge >= 0.3 is 15.5 Å². The highest BCUT2D eigenvalue weighted by molar-refractivity contribution is 7.90. The highest BCUT2D eigenvalue weighted by atomic mass is 35.5. The smallest absolute Gasteiger partial charge is 0.354 e. The minimum absolute atomic E-state index is 0. The number of sulfonamides is 1. The van der Waals surface area contributed by atoms with Crippen molar-refractivity contribution in [3.63, 3.8) is 0 Å². The van der Waals surface area contributed by atoms with E-state index < -0.39 is 22.1 Å². The number of nitrogens with zero attached hydrogens (tertiary/aromatic N) is 4. The molecule has 0 spiro atoms. The van der Waals surface area contributed by atoms with E-state index in [9.17, 15) is 21.6 Å². The van der Waals surface area contributed by atoms with Crippen molar-refractivity contribution < 1.29 is 21.6 Å². The van der Waals surface area contributed by atoms with E-state index in [0.717, 1.165) is 71.9 Å². The van der Waals surface area contributed by atoms with E-state index in [1.807, 2.05) is 13.0 Å². The van der Waals surface area contributed by atoms with Gasteiger partial charge in [-0.15, -0.1) is 48.6 Å². The number of alkyl halides is 3. The lowest BCUT2D eigenvalue weighted by atomic mass is 10.1. The third-order valence-electron chi connectivity index (χ3n) is 6.09. The second kappa shape index (κ2) is 15.0. The minimum Gasteiger partial charge on any atom is -0.354 e. The van der Waals surface area contributed by atoms with Crippen molar-refractivity contribution in [1.82, 2.24) is 24.5 Å². The van der Waals surface area contributed by atoms with E-state index in [1.54, 1.807) is 29.1 Å². The first kappa shape index (κ1) is 35.6. The van der Waals surface area contributed by atoms with Gasteiger partial charge in [0.05, 0.1) is 10.6 Å². The fourth-order valence-corrected chi connectivity index (χ4v) is 5.61. The Kier molecular flexibility index (Phi) is 13.7. The van der Waals surface area contributed by atoms with E-state index in [1.165, 1.54) is 11.3 Å². The number of rotatable bonds is 9. The van der Waals surface area contributed by atoms with Gasteiger partial charge in [0.15, 0.2) is 0 Å². The molecule has 0 bridgehead atoms. The number of nitrogens with one attached hydrogen (secondary N) is 2. The molecule has 2 N–H and O–H groups in total. The van der Waals surface area contributed by atoms with Crippen LogP contribution in [0.3, 0.4) is 0 Å². The summed E-state index contributed by atoms with van der Waals surface area (Å²) in [4.78, 5) is 14.8. The topological polar surface area (TPSA) is 90.5 Å². The number of likely N-dealkylation sites (N-methyl/N-ethyl adjacent to an activating group) is 1. The Hall–Kier alpha value is -1.45. The van der Waals surface area contributed by atoms with E-state index in [0.29, 0.717) is 11.5 Å². The maximum Gasteiger partial charge on any atom is 0.511 e. The van der Waals surface area contributed by atoms with Crippen LogP contribution in [0, 0.1) is 6.92 Å². The van der Waals surface area contributed by atoms with E-state index >= 15 is 0 Å². The maximum atomic E-state index is 12.6. The van der Waals surface area contributed by atoms with E-state index in [4.69, 9.17) is 4.98 Å². The highest BCUT2D eigenvalue weighted by Gasteiger charge is 2.45. The molecule has 8 nitrogen and oxygen atoms in total. The first-order valence-corrected chi connectivity index (χ1v) is 13.9. The number of thiophene rings is 1. The average molecular weight is 652 g/mol. The summed E-state index contributed by atoms with van der Waals surface area (Å²) in [5.74, 6) is 0.550. The molecule has 4 rings (SSSR count). The number of piperazine rings is 1. The summed E-state index contributed by atoms with van der Waals surface area (Å²) >= 11 is 1.45. The molecule has 0 radical (unpaired) electrons. The van der Waals surface area contributed by atoms with Crippen molar-refractivity contribution in [2.75, 3.05) is 51.6 Å². The fourth-order valence-electron chi connectivity index (χ4n) is 3.91. The van der Waals surface area contributed by atoms with Crippen LogP contribution in [0.5, 0.6) is 0 Å². The van der Waals surface area contributed by atoms with Crippen molar-refractivity contribution in [3.05, 3.63) is 41.6 Å². The number of benzene rings is 1. The molecule has 220 valence electrons. The van der Waals surface area contributed by atoms with Crippen molar-refractivity contribution in [1.29, 1.82) is 0 Å². The first-order chi connectivity index (χ1) is 17.0. The molecule has 2 aromatic heterocycles. The number of aryl methyl sites for hydroxylation is 1. The van der Waals surface area contributed by atoms with Gasteiger partial charge in [0, 0.05) is 50.2 Å². The fraction of sp³-hybridized carbons (Fsp3) is 0.478. The van der Waals surface area contributed by atoms with Gasteiger partial charge in [0.2, 0.25) is 5.95 Å². The van der Waals surface area contributed by atoms with Crippen LogP contribution >= 0.6 is 48.6 Å². The molecule has 1 aliphatic rings. The quantitative estimate of drug-likeness (QED) is 0.318. The SMILES string of the molecule is Cc1cnc(NCCCN2CCN(C)CC2)nc1-c1cc2ccc(CNS(=O)(=O)C(F)(F)F)cc2s1.Cl.Cl.Cl. The van der Waals surface area contributed by atoms with E-state index in [2.05, 4.69) is 27.1 Å². The molecule has 0 atom stereocenters. The van der Waals surface area contributed by atoms with Crippen LogP contribution in [-0.4, -0.2) is 80.0 Å². The van der Waals surface area contributed by atoms with Gasteiger partial charge in [-0.1, -0.05) is 12.1 Å². The molecule has 0 aliphatic carbocycles. The van der Waals surface area contributed by atoms with E-state index in [-0.39, 0.29) is 37.2 Å². The molecule has 0 unspecified atom stereocenters. The Bertz CT molecular complexity index is 1320. The van der Waals surface area contributed by atoms with Crippen molar-refractivity contribution in [2.45, 2.75) is 25.4 Å². The van der Waals surface area contributed by atoms with Gasteiger partial charge in [-0.05, 0) is 55.6 Å². The predicted molar refractivity (Wildman–Crippen MR) is 158 cm³/mol. The normalized spacial score (nSPS) is 14.8. The minimum atomic E-state index is -5.39. The van der Waals surface area contributed by atoms with Crippen molar-refractivity contribution >= 4 is 74.6 Å². The number of fused-ring (bicyclic) bond motifs is 1. The van der Waals surface area contributed by atoms with Crippen LogP contribution in [0.4, 0.5) is 19.1 Å². The highest BCUT2D eigenvalue weighted by Crippen LogP contribution is 2.35. The summed E-state index contributed by atoms with van der Waals surface area (Å²) in [6.45, 7) is 7.63. The van der Waals surface area contributed by atoms with Gasteiger partial charge in [0.1, 0.15) is 0 Å². The molecule has 16 heteroatoms. The molecular weight excluding hydrogens is 620 g/mol. The summed E-state index contributed by atoms with van der Waals surface area (Å²) in [5, 5.41) is 4.20. The number of hydrogen-bond donors (Lipinski definition) is 2. The van der Waals surface area contributed by atoms with Gasteiger partial charge in [0.25, 0.3) is 0 Å². The second-order valence-corrected chi connectivity index (χ2v) is 11.7. The third-order valence-corrected chi connectivity index (χ3v) is 8.33. The summed E-state index contributed by atoms with van der Waals surface area (Å²) in [6.07, 6.45) is 2.76. The van der Waals surface area contributed by atoms with Crippen molar-refractivity contribution in [2.24, 2.45) is 0 Å². The number of aromatic nitrogens is 2. The van der Waals surface area contributed by atoms with Crippen LogP contribution in [-0.2, 0) is 16.6 Å². The van der Waals surface area contributed by atoms with Gasteiger partial charge < -0.3 is 15.1 Å². The van der Waals surface area contributed by atoms with Crippen LogP contribution in [0.2, 0.25) is 0 Å². The summed E-state index contributed by atoms with van der Waals surface area (Å²) in [7, 11) is -3.25. The second-order valence-electron chi connectivity index (χ2n) is 8.90. The molecule has 1 aliphatic heterocycles. The first-order valence-electron chi connectivity index (χ1n) is 11.6. The van der Waals surface area contributed by atoms with Crippen molar-refractivity contribution in [3.8, 4) is 10.6 Å². The standard InChI is InChI=1S/C23H29F3N6O2S2.3ClH/c1-16-14-28-22(27-6-3-7-32-10-8-31(2)9-11-32)30-21(16)20-13-18-5-4-17(12-19(18)35-20)15-29-36(33,34)23(24,25)26;;;/h4-5,12-14,29H,3,6-11,15H2,1-2H3,(H,27,28,30);3*1H. The Morgan fingerprint density at radius 3 is 2.44 bits per heavy atom. The molecule has 39 heavy (non-hydrogen) atoms. The zero-order chi connectivity index (χ0) is 25.9. The molecule has 0 saturated carbocycles. The lowest BCUT2D eigenvalue weighted by Crippen LogP contribution is -2.44. The van der Waals surface area contributed by atoms with Gasteiger partial charge in [-0.3, -0.25) is 0 Å². The van der Waals surface area contributed by atoms with Gasteiger partial charge in [-0.25, -0.2) is 23.1 Å². The molecule has 1 aromatic carbocycles. The number of anilines is 1. The molecule has 3 heterocycles. The number of hydrogen-bond acceptors (Lipinski definition) is 8. The monoisotopic (exact) mass is 650 g/mol. The number of halogens is 6. The van der Waals surface area contributed by atoms with Crippen LogP contribution in [0.1, 0.15) is 17.5 Å². The van der Waals surface area contributed by atoms with Gasteiger partial charge in [-0.2, -0.15) is 13.2 Å². The zero-order valence-electron chi connectivity index (χ0n) is 21.3. The Morgan fingerprint density at radius 2 is 1.77 bits per heavy atom. The predicted octanol–water partition coefficient (Wildman–Crippen LogP) is 4.92. The summed E-state index contributed by atoms with van der Waals surface area (Å²) in [5.41, 5.74) is -3.21. The zero-order valence-corrected chi connectivity index (χ0v) is 25.4. The summed E-state index contributed by atoms with van der Waals surface area (Å²) < 4.78 is 62.7. The Labute approximate surface area is 249 Å². The molecule has 0 amide bonds. The lowest BCUT2D eigenvalue weighted by molar-refractivity contribution is -0.0448. The van der Waals surface area contributed by atoms with Crippen LogP contribution < -0.4 is 10.0 Å². The molecule has 1 saturated heterocycles. The molecule has 3 aromatic rings. The third kappa shape index (κ3) is 9.28. The average Bonchev–Trinajstić information content (AvgIpc) is 3.25. The Balaban J connectivity index is 0.00000253. The van der Waals surface area contributed by atoms with Crippen LogP contribution in [0.25, 0.3) is 20.7 Å². The lowest BCUT2D eigenvalue weighted by Gasteiger charge is -2.32. The largest absolute Gasteiger partial charge is 0.511 e. The van der Waals surface area contributed by atoms with Crippen LogP contribution in [0.15, 0.2) is 30.5 Å². The molecular formula is C23H32Cl3F3N6O2S2. The maximum absolute atomic E-state index is 12.6.